The Hall–Kier alpha value is -1.86. The molecule has 2 N–H and O–H groups in total. The number of carbonyl (C=O) groups excluding carboxylic acids is 1. The summed E-state index contributed by atoms with van der Waals surface area (Å²) >= 11 is 0. The van der Waals surface area contributed by atoms with Gasteiger partial charge in [-0.25, -0.2) is 0 Å². The maximum absolute atomic E-state index is 11.1. The number of ether oxygens (including phenoxy) is 1. The molecule has 1 unspecified atom stereocenters. The molecule has 0 amide bonds. The van der Waals surface area contributed by atoms with Gasteiger partial charge in [-0.15, -0.1) is 0 Å². The van der Waals surface area contributed by atoms with Crippen LogP contribution in [0, 0.1) is 11.3 Å². The molecule has 0 aliphatic carbocycles. The lowest BCUT2D eigenvalue weighted by Gasteiger charge is -2.05. The van der Waals surface area contributed by atoms with Gasteiger partial charge >= 0.3 is 5.97 Å². The molecule has 4 nitrogen and oxygen atoms in total. The van der Waals surface area contributed by atoms with Crippen molar-refractivity contribution in [1.82, 2.24) is 0 Å². The summed E-state index contributed by atoms with van der Waals surface area (Å²) in [5, 5.41) is 8.39. The van der Waals surface area contributed by atoms with Crippen molar-refractivity contribution in [1.29, 1.82) is 5.26 Å². The number of nitrogens with two attached hydrogens (primary N) is 1. The van der Waals surface area contributed by atoms with E-state index in [9.17, 15) is 4.79 Å². The van der Waals surface area contributed by atoms with Crippen molar-refractivity contribution in [2.75, 3.05) is 0 Å². The lowest BCUT2D eigenvalue weighted by Crippen LogP contribution is -2.22. The van der Waals surface area contributed by atoms with Crippen LogP contribution in [-0.2, 0) is 16.1 Å². The second-order valence-electron chi connectivity index (χ2n) is 3.09. The van der Waals surface area contributed by atoms with Crippen LogP contribution < -0.4 is 5.73 Å². The van der Waals surface area contributed by atoms with E-state index < -0.39 is 12.0 Å². The van der Waals surface area contributed by atoms with Gasteiger partial charge in [0.2, 0.25) is 0 Å². The van der Waals surface area contributed by atoms with Crippen molar-refractivity contribution < 1.29 is 9.53 Å². The highest BCUT2D eigenvalue weighted by molar-refractivity contribution is 5.70. The molecule has 0 aromatic heterocycles. The fourth-order valence-electron chi connectivity index (χ4n) is 1.02. The highest BCUT2D eigenvalue weighted by Gasteiger charge is 2.09. The largest absolute Gasteiger partial charge is 0.461 e. The van der Waals surface area contributed by atoms with E-state index in [2.05, 4.69) is 0 Å². The van der Waals surface area contributed by atoms with Gasteiger partial charge in [0.15, 0.2) is 0 Å². The SMILES string of the molecule is N#CC(N)CC(=O)OCc1ccccc1. The molecule has 0 heterocycles. The number of carbonyl (C=O) groups is 1. The molecule has 4 heteroatoms. The van der Waals surface area contributed by atoms with E-state index in [1.165, 1.54) is 0 Å². The van der Waals surface area contributed by atoms with Gasteiger partial charge in [-0.2, -0.15) is 5.26 Å². The van der Waals surface area contributed by atoms with Gasteiger partial charge in [-0.1, -0.05) is 30.3 Å². The van der Waals surface area contributed by atoms with Crippen molar-refractivity contribution in [2.45, 2.75) is 19.1 Å². The summed E-state index contributed by atoms with van der Waals surface area (Å²) < 4.78 is 4.93. The summed E-state index contributed by atoms with van der Waals surface area (Å²) in [7, 11) is 0. The Balaban J connectivity index is 2.32. The molecule has 1 atom stereocenters. The van der Waals surface area contributed by atoms with Crippen LogP contribution in [-0.4, -0.2) is 12.0 Å². The Morgan fingerprint density at radius 3 is 2.73 bits per heavy atom. The molecule has 1 aromatic carbocycles. The second kappa shape index (κ2) is 5.78. The molecule has 0 fully saturated rings. The number of nitriles is 1. The molecular weight excluding hydrogens is 192 g/mol. The highest BCUT2D eigenvalue weighted by atomic mass is 16.5. The molecule has 15 heavy (non-hydrogen) atoms. The predicted octanol–water partition coefficient (Wildman–Crippen LogP) is 0.971. The minimum atomic E-state index is -0.784. The van der Waals surface area contributed by atoms with Crippen LogP contribution in [0.1, 0.15) is 12.0 Å². The van der Waals surface area contributed by atoms with Crippen LogP contribution in [0.4, 0.5) is 0 Å². The number of benzene rings is 1. The number of esters is 1. The molecule has 0 spiro atoms. The van der Waals surface area contributed by atoms with Gasteiger partial charge in [-0.3, -0.25) is 4.79 Å². The first-order valence-corrected chi connectivity index (χ1v) is 4.57. The van der Waals surface area contributed by atoms with Crippen molar-refractivity contribution in [3.8, 4) is 6.07 Å². The molecule has 0 saturated carbocycles. The predicted molar refractivity (Wildman–Crippen MR) is 54.4 cm³/mol. The Labute approximate surface area is 88.3 Å². The average Bonchev–Trinajstić information content (AvgIpc) is 2.27. The summed E-state index contributed by atoms with van der Waals surface area (Å²) in [6.07, 6.45) is -0.0661. The van der Waals surface area contributed by atoms with E-state index in [0.717, 1.165) is 5.56 Å². The topological polar surface area (TPSA) is 76.1 Å². The van der Waals surface area contributed by atoms with E-state index in [-0.39, 0.29) is 13.0 Å². The standard InChI is InChI=1S/C11H12N2O2/c12-7-10(13)6-11(14)15-8-9-4-2-1-3-5-9/h1-5,10H,6,8,13H2. The minimum absolute atomic E-state index is 0.0661. The Kier molecular flexibility index (Phi) is 4.32. The van der Waals surface area contributed by atoms with Gasteiger partial charge in [0.05, 0.1) is 12.5 Å². The van der Waals surface area contributed by atoms with E-state index in [1.807, 2.05) is 30.3 Å². The minimum Gasteiger partial charge on any atom is -0.461 e. The molecule has 78 valence electrons. The van der Waals surface area contributed by atoms with E-state index in [1.54, 1.807) is 6.07 Å². The van der Waals surface area contributed by atoms with E-state index in [0.29, 0.717) is 0 Å². The Morgan fingerprint density at radius 1 is 1.47 bits per heavy atom. The average molecular weight is 204 g/mol. The number of nitrogens with zero attached hydrogens (tertiary/aromatic N) is 1. The van der Waals surface area contributed by atoms with Gasteiger partial charge in [0.1, 0.15) is 12.6 Å². The molecule has 0 aliphatic heterocycles. The van der Waals surface area contributed by atoms with Gasteiger partial charge in [0, 0.05) is 0 Å². The highest BCUT2D eigenvalue weighted by Crippen LogP contribution is 2.02. The number of hydrogen-bond donors (Lipinski definition) is 1. The molecular formula is C11H12N2O2. The van der Waals surface area contributed by atoms with Crippen molar-refractivity contribution in [3.63, 3.8) is 0 Å². The third kappa shape index (κ3) is 4.25. The Morgan fingerprint density at radius 2 is 2.13 bits per heavy atom. The zero-order valence-corrected chi connectivity index (χ0v) is 8.22. The monoisotopic (exact) mass is 204 g/mol. The zero-order chi connectivity index (χ0) is 11.1. The van der Waals surface area contributed by atoms with Crippen molar-refractivity contribution >= 4 is 5.97 Å². The smallest absolute Gasteiger partial charge is 0.308 e. The van der Waals surface area contributed by atoms with Crippen LogP contribution in [0.5, 0.6) is 0 Å². The van der Waals surface area contributed by atoms with Crippen molar-refractivity contribution in [3.05, 3.63) is 35.9 Å². The first kappa shape index (κ1) is 11.2. The lowest BCUT2D eigenvalue weighted by molar-refractivity contribution is -0.145. The third-order valence-corrected chi connectivity index (χ3v) is 1.80. The Bertz CT molecular complexity index is 357. The second-order valence-corrected chi connectivity index (χ2v) is 3.09. The molecule has 0 bridgehead atoms. The van der Waals surface area contributed by atoms with Gasteiger partial charge in [0.25, 0.3) is 0 Å². The zero-order valence-electron chi connectivity index (χ0n) is 8.22. The fraction of sp³-hybridized carbons (Fsp3) is 0.273. The lowest BCUT2D eigenvalue weighted by atomic mass is 10.2. The number of hydrogen-bond acceptors (Lipinski definition) is 4. The fourth-order valence-corrected chi connectivity index (χ4v) is 1.02. The van der Waals surface area contributed by atoms with Gasteiger partial charge in [-0.05, 0) is 5.56 Å². The first-order chi connectivity index (χ1) is 7.22. The van der Waals surface area contributed by atoms with E-state index >= 15 is 0 Å². The normalized spacial score (nSPS) is 11.5. The van der Waals surface area contributed by atoms with Crippen molar-refractivity contribution in [2.24, 2.45) is 5.73 Å². The van der Waals surface area contributed by atoms with Crippen LogP contribution in [0.25, 0.3) is 0 Å². The maximum atomic E-state index is 11.1. The molecule has 0 radical (unpaired) electrons. The summed E-state index contributed by atoms with van der Waals surface area (Å²) in [6, 6.07) is 10.3. The number of rotatable bonds is 4. The molecule has 1 aromatic rings. The summed E-state index contributed by atoms with van der Waals surface area (Å²) in [4.78, 5) is 11.1. The first-order valence-electron chi connectivity index (χ1n) is 4.57. The maximum Gasteiger partial charge on any atom is 0.308 e. The quantitative estimate of drug-likeness (QED) is 0.741. The van der Waals surface area contributed by atoms with E-state index in [4.69, 9.17) is 15.7 Å². The molecule has 0 saturated heterocycles. The summed E-state index contributed by atoms with van der Waals surface area (Å²) in [5.74, 6) is -0.451. The van der Waals surface area contributed by atoms with Crippen LogP contribution in [0.2, 0.25) is 0 Å². The van der Waals surface area contributed by atoms with Crippen LogP contribution in [0.3, 0.4) is 0 Å². The van der Waals surface area contributed by atoms with Crippen LogP contribution in [0.15, 0.2) is 30.3 Å². The molecule has 0 aliphatic rings. The summed E-state index contributed by atoms with van der Waals surface area (Å²) in [6.45, 7) is 0.220. The van der Waals surface area contributed by atoms with Crippen LogP contribution >= 0.6 is 0 Å². The molecule has 1 rings (SSSR count). The summed E-state index contributed by atoms with van der Waals surface area (Å²) in [5.41, 5.74) is 6.19. The van der Waals surface area contributed by atoms with Gasteiger partial charge < -0.3 is 10.5 Å². The third-order valence-electron chi connectivity index (χ3n) is 1.80.